The largest absolute Gasteiger partial charge is 0.493 e. The fourth-order valence-electron chi connectivity index (χ4n) is 3.37. The van der Waals surface area contributed by atoms with Crippen LogP contribution in [0.3, 0.4) is 0 Å². The Morgan fingerprint density at radius 2 is 2.04 bits per heavy atom. The van der Waals surface area contributed by atoms with E-state index < -0.39 is 6.10 Å². The maximum Gasteiger partial charge on any atom is 0.161 e. The number of benzene rings is 1. The van der Waals surface area contributed by atoms with Crippen LogP contribution in [0.5, 0.6) is 11.5 Å². The van der Waals surface area contributed by atoms with Crippen LogP contribution in [0.15, 0.2) is 18.2 Å². The van der Waals surface area contributed by atoms with E-state index in [0.29, 0.717) is 12.3 Å². The Balaban J connectivity index is 1.48. The van der Waals surface area contributed by atoms with Crippen LogP contribution in [0.1, 0.15) is 18.4 Å². The molecule has 1 unspecified atom stereocenters. The molecule has 3 rings (SSSR count). The molecule has 26 heavy (non-hydrogen) atoms. The number of aliphatic hydroxyl groups excluding tert-OH is 1. The van der Waals surface area contributed by atoms with Crippen molar-refractivity contribution in [3.05, 3.63) is 23.8 Å². The second kappa shape index (κ2) is 9.55. The first kappa shape index (κ1) is 19.4. The number of nitrogens with zero attached hydrogens (tertiary/aromatic N) is 2. The van der Waals surface area contributed by atoms with Gasteiger partial charge >= 0.3 is 0 Å². The van der Waals surface area contributed by atoms with Gasteiger partial charge in [0.1, 0.15) is 12.7 Å². The van der Waals surface area contributed by atoms with E-state index in [-0.39, 0.29) is 6.61 Å². The van der Waals surface area contributed by atoms with E-state index in [2.05, 4.69) is 22.9 Å². The molecule has 1 heterocycles. The van der Waals surface area contributed by atoms with Gasteiger partial charge in [0.2, 0.25) is 0 Å². The maximum absolute atomic E-state index is 10.2. The summed E-state index contributed by atoms with van der Waals surface area (Å²) in [4.78, 5) is 4.56. The molecule has 0 radical (unpaired) electrons. The zero-order valence-corrected chi connectivity index (χ0v) is 16.0. The lowest BCUT2D eigenvalue weighted by Crippen LogP contribution is -2.42. The van der Waals surface area contributed by atoms with E-state index in [1.165, 1.54) is 18.4 Å². The van der Waals surface area contributed by atoms with Gasteiger partial charge in [0.25, 0.3) is 0 Å². The molecule has 6 nitrogen and oxygen atoms in total. The Bertz CT molecular complexity index is 559. The minimum Gasteiger partial charge on any atom is -0.493 e. The molecular formula is C20H32N2O4. The molecule has 6 heteroatoms. The van der Waals surface area contributed by atoms with Gasteiger partial charge in [0.05, 0.1) is 20.3 Å². The van der Waals surface area contributed by atoms with Crippen molar-refractivity contribution in [2.75, 3.05) is 60.2 Å². The predicted octanol–water partition coefficient (Wildman–Crippen LogP) is 1.61. The minimum absolute atomic E-state index is 0.259. The second-order valence-electron chi connectivity index (χ2n) is 7.50. The van der Waals surface area contributed by atoms with Crippen LogP contribution in [0.2, 0.25) is 0 Å². The quantitative estimate of drug-likeness (QED) is 0.681. The highest BCUT2D eigenvalue weighted by atomic mass is 16.5. The number of rotatable bonds is 10. The van der Waals surface area contributed by atoms with Crippen molar-refractivity contribution in [1.29, 1.82) is 0 Å². The third kappa shape index (κ3) is 6.13. The Labute approximate surface area is 156 Å². The number of β-amino-alcohol motifs (C(OH)–C–C–N with tert-alkyl or cyclic N) is 1. The molecule has 0 bridgehead atoms. The summed E-state index contributed by atoms with van der Waals surface area (Å²) < 4.78 is 16.6. The van der Waals surface area contributed by atoms with Crippen LogP contribution >= 0.6 is 0 Å². The van der Waals surface area contributed by atoms with Gasteiger partial charge in [-0.1, -0.05) is 6.07 Å². The highest BCUT2D eigenvalue weighted by Gasteiger charge is 2.23. The molecule has 146 valence electrons. The first-order valence-electron chi connectivity index (χ1n) is 9.60. The number of hydrogen-bond donors (Lipinski definition) is 1. The lowest BCUT2D eigenvalue weighted by Gasteiger charge is -2.28. The van der Waals surface area contributed by atoms with Crippen molar-refractivity contribution < 1.29 is 19.3 Å². The van der Waals surface area contributed by atoms with Crippen molar-refractivity contribution in [2.24, 2.45) is 5.92 Å². The summed E-state index contributed by atoms with van der Waals surface area (Å²) in [5.41, 5.74) is 1.21. The Morgan fingerprint density at radius 3 is 2.73 bits per heavy atom. The fourth-order valence-corrected chi connectivity index (χ4v) is 3.37. The van der Waals surface area contributed by atoms with E-state index in [1.54, 1.807) is 7.11 Å². The van der Waals surface area contributed by atoms with Gasteiger partial charge in [-0.3, -0.25) is 4.90 Å². The summed E-state index contributed by atoms with van der Waals surface area (Å²) >= 11 is 0. The molecule has 1 aromatic carbocycles. The van der Waals surface area contributed by atoms with E-state index >= 15 is 0 Å². The molecule has 1 aromatic rings. The molecule has 0 spiro atoms. The first-order chi connectivity index (χ1) is 12.6. The van der Waals surface area contributed by atoms with Gasteiger partial charge in [-0.15, -0.1) is 0 Å². The Morgan fingerprint density at radius 1 is 1.27 bits per heavy atom. The second-order valence-corrected chi connectivity index (χ2v) is 7.50. The van der Waals surface area contributed by atoms with Crippen molar-refractivity contribution in [3.63, 3.8) is 0 Å². The summed E-state index contributed by atoms with van der Waals surface area (Å²) in [6.45, 7) is 6.13. The number of ether oxygens (including phenoxy) is 3. The molecule has 0 amide bonds. The van der Waals surface area contributed by atoms with Crippen LogP contribution in [0.25, 0.3) is 0 Å². The summed E-state index contributed by atoms with van der Waals surface area (Å²) in [7, 11) is 3.82. The normalized spacial score (nSPS) is 19.5. The molecule has 2 fully saturated rings. The van der Waals surface area contributed by atoms with E-state index in [1.807, 2.05) is 12.1 Å². The summed E-state index contributed by atoms with van der Waals surface area (Å²) in [5.74, 6) is 2.29. The van der Waals surface area contributed by atoms with Crippen molar-refractivity contribution in [3.8, 4) is 11.5 Å². The van der Waals surface area contributed by atoms with Crippen LogP contribution in [0, 0.1) is 5.92 Å². The fraction of sp³-hybridized carbons (Fsp3) is 0.700. The summed E-state index contributed by atoms with van der Waals surface area (Å²) in [5, 5.41) is 10.2. The van der Waals surface area contributed by atoms with Gasteiger partial charge in [-0.2, -0.15) is 0 Å². The number of methoxy groups -OCH3 is 1. The third-order valence-corrected chi connectivity index (χ3v) is 4.95. The van der Waals surface area contributed by atoms with Crippen molar-refractivity contribution in [2.45, 2.75) is 25.5 Å². The van der Waals surface area contributed by atoms with E-state index in [0.717, 1.165) is 51.1 Å². The SMILES string of the molecule is COc1cc(CN(C)CC2CC2)ccc1OCC(O)CN1CCOCC1. The summed E-state index contributed by atoms with van der Waals surface area (Å²) in [6, 6.07) is 6.06. The predicted molar refractivity (Wildman–Crippen MR) is 101 cm³/mol. The monoisotopic (exact) mass is 364 g/mol. The molecule has 1 aliphatic heterocycles. The molecule has 1 saturated heterocycles. The van der Waals surface area contributed by atoms with Crippen LogP contribution in [0.4, 0.5) is 0 Å². The molecule has 0 aromatic heterocycles. The highest BCUT2D eigenvalue weighted by Crippen LogP contribution is 2.31. The zero-order valence-electron chi connectivity index (χ0n) is 16.0. The lowest BCUT2D eigenvalue weighted by atomic mass is 10.2. The minimum atomic E-state index is -0.526. The number of morpholine rings is 1. The summed E-state index contributed by atoms with van der Waals surface area (Å²) in [6.07, 6.45) is 2.21. The molecule has 2 aliphatic rings. The van der Waals surface area contributed by atoms with Crippen LogP contribution < -0.4 is 9.47 Å². The number of aliphatic hydroxyl groups is 1. The average molecular weight is 364 g/mol. The van der Waals surface area contributed by atoms with Crippen LogP contribution in [-0.2, 0) is 11.3 Å². The standard InChI is InChI=1S/C20H32N2O4/c1-21(12-16-3-4-16)13-17-5-6-19(20(11-17)24-2)26-15-18(23)14-22-7-9-25-10-8-22/h5-6,11,16,18,23H,3-4,7-10,12-15H2,1-2H3. The van der Waals surface area contributed by atoms with E-state index in [9.17, 15) is 5.11 Å². The Hall–Kier alpha value is -1.34. The highest BCUT2D eigenvalue weighted by molar-refractivity contribution is 5.43. The number of hydrogen-bond acceptors (Lipinski definition) is 6. The van der Waals surface area contributed by atoms with Crippen LogP contribution in [-0.4, -0.2) is 81.2 Å². The van der Waals surface area contributed by atoms with Crippen molar-refractivity contribution >= 4 is 0 Å². The topological polar surface area (TPSA) is 54.4 Å². The lowest BCUT2D eigenvalue weighted by molar-refractivity contribution is 0.00445. The smallest absolute Gasteiger partial charge is 0.161 e. The van der Waals surface area contributed by atoms with Gasteiger partial charge in [0.15, 0.2) is 11.5 Å². The molecular weight excluding hydrogens is 332 g/mol. The molecule has 1 atom stereocenters. The van der Waals surface area contributed by atoms with Gasteiger partial charge < -0.3 is 24.2 Å². The average Bonchev–Trinajstić information content (AvgIpc) is 3.45. The van der Waals surface area contributed by atoms with E-state index in [4.69, 9.17) is 14.2 Å². The molecule has 1 saturated carbocycles. The molecule has 1 aliphatic carbocycles. The molecule has 1 N–H and O–H groups in total. The first-order valence-corrected chi connectivity index (χ1v) is 9.60. The van der Waals surface area contributed by atoms with Gasteiger partial charge in [-0.25, -0.2) is 0 Å². The zero-order chi connectivity index (χ0) is 18.4. The van der Waals surface area contributed by atoms with Gasteiger partial charge in [-0.05, 0) is 43.5 Å². The Kier molecular flexibility index (Phi) is 7.14. The third-order valence-electron chi connectivity index (χ3n) is 4.95. The van der Waals surface area contributed by atoms with Gasteiger partial charge in [0, 0.05) is 32.7 Å². The van der Waals surface area contributed by atoms with Crippen molar-refractivity contribution in [1.82, 2.24) is 9.80 Å². The maximum atomic E-state index is 10.2.